The Morgan fingerprint density at radius 1 is 1.14 bits per heavy atom. The highest BCUT2D eigenvalue weighted by molar-refractivity contribution is 7.17. The molecule has 0 aliphatic rings. The second-order valence-corrected chi connectivity index (χ2v) is 5.59. The lowest BCUT2D eigenvalue weighted by Crippen LogP contribution is -2.13. The highest BCUT2D eigenvalue weighted by atomic mass is 32.1. The van der Waals surface area contributed by atoms with E-state index in [4.69, 9.17) is 0 Å². The number of thiophene rings is 1. The third kappa shape index (κ3) is 2.52. The molecule has 3 aromatic rings. The molecule has 5 heteroatoms. The van der Waals surface area contributed by atoms with Crippen LogP contribution in [0.1, 0.15) is 15.9 Å². The molecule has 0 radical (unpaired) electrons. The number of rotatable bonds is 2. The Hall–Kier alpha value is -2.27. The average Bonchev–Trinajstić information content (AvgIpc) is 2.88. The van der Waals surface area contributed by atoms with E-state index in [0.717, 1.165) is 22.2 Å². The zero-order valence-corrected chi connectivity index (χ0v) is 11.9. The Morgan fingerprint density at radius 2 is 1.90 bits per heavy atom. The number of carbonyl (C=O) groups is 1. The van der Waals surface area contributed by atoms with Crippen molar-refractivity contribution in [1.29, 1.82) is 0 Å². The minimum Gasteiger partial charge on any atom is -0.319 e. The predicted molar refractivity (Wildman–Crippen MR) is 80.9 cm³/mol. The Kier molecular flexibility index (Phi) is 3.43. The van der Waals surface area contributed by atoms with Gasteiger partial charge in [-0.1, -0.05) is 18.2 Å². The number of nitrogens with one attached hydrogen (secondary N) is 1. The maximum absolute atomic E-state index is 13.8. The van der Waals surface area contributed by atoms with Gasteiger partial charge in [0.1, 0.15) is 11.6 Å². The SMILES string of the molecule is Cc1cc(F)c(NC(=O)c2csc3ccccc23)cc1F. The maximum Gasteiger partial charge on any atom is 0.257 e. The molecule has 3 rings (SSSR count). The summed E-state index contributed by atoms with van der Waals surface area (Å²) in [5.74, 6) is -1.65. The van der Waals surface area contributed by atoms with Crippen molar-refractivity contribution in [3.05, 3.63) is 64.5 Å². The Morgan fingerprint density at radius 3 is 2.71 bits per heavy atom. The summed E-state index contributed by atoms with van der Waals surface area (Å²) in [6.45, 7) is 1.47. The number of benzene rings is 2. The van der Waals surface area contributed by atoms with E-state index in [1.165, 1.54) is 18.3 Å². The molecule has 0 fully saturated rings. The molecule has 1 aromatic heterocycles. The molecule has 0 saturated carbocycles. The molecule has 21 heavy (non-hydrogen) atoms. The number of fused-ring (bicyclic) bond motifs is 1. The van der Waals surface area contributed by atoms with E-state index >= 15 is 0 Å². The van der Waals surface area contributed by atoms with Gasteiger partial charge in [0, 0.05) is 21.5 Å². The van der Waals surface area contributed by atoms with E-state index in [-0.39, 0.29) is 11.3 Å². The molecule has 0 atom stereocenters. The Labute approximate surface area is 124 Å². The van der Waals surface area contributed by atoms with Crippen LogP contribution < -0.4 is 5.32 Å². The van der Waals surface area contributed by atoms with Crippen molar-refractivity contribution >= 4 is 33.0 Å². The van der Waals surface area contributed by atoms with Crippen LogP contribution in [0.5, 0.6) is 0 Å². The Balaban J connectivity index is 1.95. The highest BCUT2D eigenvalue weighted by Crippen LogP contribution is 2.27. The molecule has 0 spiro atoms. The van der Waals surface area contributed by atoms with Gasteiger partial charge in [0.25, 0.3) is 5.91 Å². The number of anilines is 1. The van der Waals surface area contributed by atoms with E-state index in [0.29, 0.717) is 5.56 Å². The predicted octanol–water partition coefficient (Wildman–Crippen LogP) is 4.74. The monoisotopic (exact) mass is 303 g/mol. The lowest BCUT2D eigenvalue weighted by molar-refractivity contribution is 0.102. The lowest BCUT2D eigenvalue weighted by Gasteiger charge is -2.07. The molecule has 0 aliphatic heterocycles. The van der Waals surface area contributed by atoms with Crippen LogP contribution in [0.15, 0.2) is 41.8 Å². The van der Waals surface area contributed by atoms with Crippen molar-refractivity contribution in [2.45, 2.75) is 6.92 Å². The minimum absolute atomic E-state index is 0.154. The van der Waals surface area contributed by atoms with Crippen molar-refractivity contribution in [3.63, 3.8) is 0 Å². The first-order chi connectivity index (χ1) is 10.1. The van der Waals surface area contributed by atoms with Crippen molar-refractivity contribution in [2.75, 3.05) is 5.32 Å². The molecule has 1 amide bonds. The third-order valence-electron chi connectivity index (χ3n) is 3.22. The molecular formula is C16H11F2NOS. The fourth-order valence-electron chi connectivity index (χ4n) is 2.09. The van der Waals surface area contributed by atoms with Crippen molar-refractivity contribution < 1.29 is 13.6 Å². The number of amides is 1. The topological polar surface area (TPSA) is 29.1 Å². The molecule has 0 bridgehead atoms. The molecular weight excluding hydrogens is 292 g/mol. The number of hydrogen-bond acceptors (Lipinski definition) is 2. The summed E-state index contributed by atoms with van der Waals surface area (Å²) in [5.41, 5.74) is 0.501. The summed E-state index contributed by atoms with van der Waals surface area (Å²) in [5, 5.41) is 4.94. The van der Waals surface area contributed by atoms with Crippen LogP contribution in [0.2, 0.25) is 0 Å². The normalized spacial score (nSPS) is 10.8. The third-order valence-corrected chi connectivity index (χ3v) is 4.19. The summed E-state index contributed by atoms with van der Waals surface area (Å²) in [7, 11) is 0. The van der Waals surface area contributed by atoms with E-state index < -0.39 is 17.5 Å². The maximum atomic E-state index is 13.8. The average molecular weight is 303 g/mol. The van der Waals surface area contributed by atoms with E-state index in [1.54, 1.807) is 5.38 Å². The first-order valence-electron chi connectivity index (χ1n) is 6.29. The fraction of sp³-hybridized carbons (Fsp3) is 0.0625. The number of hydrogen-bond donors (Lipinski definition) is 1. The van der Waals surface area contributed by atoms with Gasteiger partial charge in [-0.25, -0.2) is 8.78 Å². The molecule has 1 heterocycles. The van der Waals surface area contributed by atoms with Crippen molar-refractivity contribution in [2.24, 2.45) is 0 Å². The van der Waals surface area contributed by atoms with Gasteiger partial charge in [-0.15, -0.1) is 11.3 Å². The van der Waals surface area contributed by atoms with Gasteiger partial charge in [0.15, 0.2) is 0 Å². The van der Waals surface area contributed by atoms with Crippen LogP contribution in [-0.4, -0.2) is 5.91 Å². The van der Waals surface area contributed by atoms with Gasteiger partial charge in [-0.2, -0.15) is 0 Å². The molecule has 2 nitrogen and oxygen atoms in total. The second-order valence-electron chi connectivity index (χ2n) is 4.68. The van der Waals surface area contributed by atoms with Crippen LogP contribution >= 0.6 is 11.3 Å². The molecule has 0 unspecified atom stereocenters. The van der Waals surface area contributed by atoms with Crippen molar-refractivity contribution in [3.8, 4) is 0 Å². The molecule has 0 saturated heterocycles. The lowest BCUT2D eigenvalue weighted by atomic mass is 10.1. The zero-order valence-electron chi connectivity index (χ0n) is 11.1. The first kappa shape index (κ1) is 13.7. The zero-order chi connectivity index (χ0) is 15.0. The molecule has 106 valence electrons. The van der Waals surface area contributed by atoms with Crippen LogP contribution in [0.3, 0.4) is 0 Å². The van der Waals surface area contributed by atoms with Gasteiger partial charge < -0.3 is 5.32 Å². The summed E-state index contributed by atoms with van der Waals surface area (Å²) in [6.07, 6.45) is 0. The standard InChI is InChI=1S/C16H11F2NOS/c1-9-6-13(18)14(7-12(9)17)19-16(20)11-8-21-15-5-3-2-4-10(11)15/h2-8H,1H3,(H,19,20). The first-order valence-corrected chi connectivity index (χ1v) is 7.17. The fourth-order valence-corrected chi connectivity index (χ4v) is 3.03. The number of carbonyl (C=O) groups excluding carboxylic acids is 1. The quantitative estimate of drug-likeness (QED) is 0.728. The number of halogens is 2. The van der Waals surface area contributed by atoms with E-state index in [2.05, 4.69) is 5.32 Å². The highest BCUT2D eigenvalue weighted by Gasteiger charge is 2.15. The van der Waals surface area contributed by atoms with Crippen LogP contribution in [0.25, 0.3) is 10.1 Å². The molecule has 1 N–H and O–H groups in total. The van der Waals surface area contributed by atoms with Crippen LogP contribution in [-0.2, 0) is 0 Å². The van der Waals surface area contributed by atoms with Crippen LogP contribution in [0.4, 0.5) is 14.5 Å². The molecule has 0 aliphatic carbocycles. The van der Waals surface area contributed by atoms with Gasteiger partial charge >= 0.3 is 0 Å². The van der Waals surface area contributed by atoms with Gasteiger partial charge in [0.05, 0.1) is 11.3 Å². The van der Waals surface area contributed by atoms with Crippen molar-refractivity contribution in [1.82, 2.24) is 0 Å². The molecule has 2 aromatic carbocycles. The summed E-state index contributed by atoms with van der Waals surface area (Å²) in [6, 6.07) is 9.51. The minimum atomic E-state index is -0.651. The van der Waals surface area contributed by atoms with Gasteiger partial charge in [0.2, 0.25) is 0 Å². The Bertz CT molecular complexity index is 841. The van der Waals surface area contributed by atoms with E-state index in [1.807, 2.05) is 24.3 Å². The second kappa shape index (κ2) is 5.26. The van der Waals surface area contributed by atoms with E-state index in [9.17, 15) is 13.6 Å². The smallest absolute Gasteiger partial charge is 0.257 e. The summed E-state index contributed by atoms with van der Waals surface area (Å²) < 4.78 is 28.2. The summed E-state index contributed by atoms with van der Waals surface area (Å²) >= 11 is 1.43. The van der Waals surface area contributed by atoms with Crippen LogP contribution in [0, 0.1) is 18.6 Å². The number of aryl methyl sites for hydroxylation is 1. The van der Waals surface area contributed by atoms with Gasteiger partial charge in [-0.3, -0.25) is 4.79 Å². The largest absolute Gasteiger partial charge is 0.319 e. The summed E-state index contributed by atoms with van der Waals surface area (Å²) in [4.78, 5) is 12.2. The van der Waals surface area contributed by atoms with Gasteiger partial charge in [-0.05, 0) is 24.6 Å².